The number of H-pyrrole nitrogens is 1. The van der Waals surface area contributed by atoms with Gasteiger partial charge in [0.25, 0.3) is 5.56 Å². The van der Waals surface area contributed by atoms with Crippen LogP contribution in [-0.2, 0) is 6.54 Å². The minimum absolute atomic E-state index is 0.265. The molecule has 1 heterocycles. The maximum Gasteiger partial charge on any atom is 0.323 e. The number of nitrogens with zero attached hydrogens (tertiary/aromatic N) is 1. The fraction of sp³-hybridized carbons (Fsp3) is 0.0909. The van der Waals surface area contributed by atoms with Gasteiger partial charge in [0.05, 0.1) is 24.6 Å². The molecule has 2 amide bonds. The normalized spacial score (nSPS) is 10.8. The smallest absolute Gasteiger partial charge is 0.323 e. The Morgan fingerprint density at radius 2 is 1.71 bits per heavy atom. The summed E-state index contributed by atoms with van der Waals surface area (Å²) in [5.74, 6) is 0.694. The lowest BCUT2D eigenvalue weighted by Gasteiger charge is -2.09. The number of benzene rings is 3. The zero-order valence-corrected chi connectivity index (χ0v) is 17.9. The molecular weight excluding hydrogens is 439 g/mol. The summed E-state index contributed by atoms with van der Waals surface area (Å²) >= 11 is 12.2. The maximum absolute atomic E-state index is 12.4. The Morgan fingerprint density at radius 3 is 2.42 bits per heavy atom. The summed E-state index contributed by atoms with van der Waals surface area (Å²) in [6.07, 6.45) is 0. The van der Waals surface area contributed by atoms with E-state index in [0.29, 0.717) is 44.6 Å². The van der Waals surface area contributed by atoms with Crippen LogP contribution in [0, 0.1) is 0 Å². The van der Waals surface area contributed by atoms with Gasteiger partial charge in [0.2, 0.25) is 0 Å². The van der Waals surface area contributed by atoms with Crippen LogP contribution in [0.15, 0.2) is 65.5 Å². The molecule has 7 nitrogen and oxygen atoms in total. The van der Waals surface area contributed by atoms with Gasteiger partial charge in [-0.3, -0.25) is 14.6 Å². The van der Waals surface area contributed by atoms with Crippen LogP contribution in [-0.4, -0.2) is 22.9 Å². The van der Waals surface area contributed by atoms with E-state index in [0.717, 1.165) is 5.56 Å². The molecule has 3 N–H and O–H groups in total. The molecule has 31 heavy (non-hydrogen) atoms. The Labute approximate surface area is 187 Å². The number of hydrogen-bond donors (Lipinski definition) is 3. The minimum atomic E-state index is -0.423. The fourth-order valence-electron chi connectivity index (χ4n) is 3.19. The molecule has 4 aromatic rings. The molecule has 0 radical (unpaired) electrons. The van der Waals surface area contributed by atoms with E-state index in [9.17, 15) is 9.59 Å². The molecule has 0 fully saturated rings. The first-order valence-electron chi connectivity index (χ1n) is 9.31. The number of nitrogens with one attached hydrogen (secondary N) is 3. The summed E-state index contributed by atoms with van der Waals surface area (Å²) in [5, 5.41) is 9.78. The van der Waals surface area contributed by atoms with Gasteiger partial charge in [-0.2, -0.15) is 0 Å². The van der Waals surface area contributed by atoms with Crippen LogP contribution in [0.25, 0.3) is 10.9 Å². The fourth-order valence-corrected chi connectivity index (χ4v) is 3.66. The SMILES string of the molecule is COc1ccc(NC(=O)Nc2ccc3c(c2)c(=O)[nH]n3Cc2ccc(Cl)cc2Cl)cc1. The molecule has 9 heteroatoms. The number of aromatic amines is 1. The third-order valence-corrected chi connectivity index (χ3v) is 5.30. The van der Waals surface area contributed by atoms with Crippen LogP contribution < -0.4 is 20.9 Å². The van der Waals surface area contributed by atoms with E-state index in [2.05, 4.69) is 15.7 Å². The number of carbonyl (C=O) groups is 1. The largest absolute Gasteiger partial charge is 0.497 e. The molecule has 158 valence electrons. The van der Waals surface area contributed by atoms with Gasteiger partial charge in [-0.1, -0.05) is 29.3 Å². The van der Waals surface area contributed by atoms with Crippen molar-refractivity contribution in [3.8, 4) is 5.75 Å². The summed E-state index contributed by atoms with van der Waals surface area (Å²) in [7, 11) is 1.57. The van der Waals surface area contributed by atoms with E-state index in [-0.39, 0.29) is 5.56 Å². The lowest BCUT2D eigenvalue weighted by Crippen LogP contribution is -2.19. The van der Waals surface area contributed by atoms with Gasteiger partial charge < -0.3 is 15.4 Å². The molecule has 0 spiro atoms. The number of anilines is 2. The highest BCUT2D eigenvalue weighted by Crippen LogP contribution is 2.23. The van der Waals surface area contributed by atoms with Gasteiger partial charge in [-0.15, -0.1) is 0 Å². The Hall–Kier alpha value is -3.42. The van der Waals surface area contributed by atoms with Crippen LogP contribution in [0.2, 0.25) is 10.0 Å². The predicted molar refractivity (Wildman–Crippen MR) is 124 cm³/mol. The highest BCUT2D eigenvalue weighted by Gasteiger charge is 2.11. The third kappa shape index (κ3) is 4.68. The second-order valence-electron chi connectivity index (χ2n) is 6.80. The van der Waals surface area contributed by atoms with E-state index >= 15 is 0 Å². The minimum Gasteiger partial charge on any atom is -0.497 e. The second kappa shape index (κ2) is 8.75. The van der Waals surface area contributed by atoms with Crippen molar-refractivity contribution in [2.75, 3.05) is 17.7 Å². The molecule has 0 unspecified atom stereocenters. The average Bonchev–Trinajstić information content (AvgIpc) is 3.05. The van der Waals surface area contributed by atoms with Crippen molar-refractivity contribution < 1.29 is 9.53 Å². The van der Waals surface area contributed by atoms with Crippen molar-refractivity contribution >= 4 is 51.5 Å². The van der Waals surface area contributed by atoms with Gasteiger partial charge in [0.15, 0.2) is 0 Å². The highest BCUT2D eigenvalue weighted by atomic mass is 35.5. The lowest BCUT2D eigenvalue weighted by molar-refractivity contribution is 0.262. The zero-order chi connectivity index (χ0) is 22.0. The summed E-state index contributed by atoms with van der Waals surface area (Å²) in [6.45, 7) is 0.374. The molecule has 0 bridgehead atoms. The van der Waals surface area contributed by atoms with Crippen LogP contribution >= 0.6 is 23.2 Å². The molecule has 0 atom stereocenters. The van der Waals surface area contributed by atoms with Crippen LogP contribution in [0.3, 0.4) is 0 Å². The maximum atomic E-state index is 12.4. The molecule has 0 aliphatic heterocycles. The summed E-state index contributed by atoms with van der Waals surface area (Å²) in [5.41, 5.74) is 2.35. The summed E-state index contributed by atoms with van der Waals surface area (Å²) in [4.78, 5) is 24.7. The van der Waals surface area contributed by atoms with Gasteiger partial charge in [-0.25, -0.2) is 4.79 Å². The van der Waals surface area contributed by atoms with Crippen LogP contribution in [0.1, 0.15) is 5.56 Å². The van der Waals surface area contributed by atoms with E-state index in [4.69, 9.17) is 27.9 Å². The number of aromatic nitrogens is 2. The van der Waals surface area contributed by atoms with Crippen LogP contribution in [0.4, 0.5) is 16.2 Å². The molecule has 3 aromatic carbocycles. The van der Waals surface area contributed by atoms with Gasteiger partial charge in [0, 0.05) is 21.4 Å². The molecule has 4 rings (SSSR count). The van der Waals surface area contributed by atoms with E-state index in [1.165, 1.54) is 0 Å². The number of halogens is 2. The number of methoxy groups -OCH3 is 1. The van der Waals surface area contributed by atoms with Crippen molar-refractivity contribution in [1.82, 2.24) is 9.78 Å². The van der Waals surface area contributed by atoms with Crippen molar-refractivity contribution in [3.63, 3.8) is 0 Å². The Kier molecular flexibility index (Phi) is 5.88. The van der Waals surface area contributed by atoms with Gasteiger partial charge >= 0.3 is 6.03 Å². The number of fused-ring (bicyclic) bond motifs is 1. The first-order valence-corrected chi connectivity index (χ1v) is 10.1. The van der Waals surface area contributed by atoms with Crippen molar-refractivity contribution in [2.45, 2.75) is 6.54 Å². The average molecular weight is 457 g/mol. The quantitative estimate of drug-likeness (QED) is 0.378. The summed E-state index contributed by atoms with van der Waals surface area (Å²) in [6, 6.07) is 16.9. The Balaban J connectivity index is 1.52. The number of urea groups is 1. The number of carbonyl (C=O) groups excluding carboxylic acids is 1. The highest BCUT2D eigenvalue weighted by molar-refractivity contribution is 6.35. The van der Waals surface area contributed by atoms with Crippen LogP contribution in [0.5, 0.6) is 5.75 Å². The number of hydrogen-bond acceptors (Lipinski definition) is 3. The lowest BCUT2D eigenvalue weighted by atomic mass is 10.2. The molecule has 0 saturated carbocycles. The van der Waals surface area contributed by atoms with Gasteiger partial charge in [0.1, 0.15) is 5.75 Å². The number of rotatable bonds is 5. The molecular formula is C22H18Cl2N4O3. The van der Waals surface area contributed by atoms with Gasteiger partial charge in [-0.05, 0) is 60.2 Å². The number of ether oxygens (including phenoxy) is 1. The first-order chi connectivity index (χ1) is 14.9. The standard InChI is InChI=1S/C22H18Cl2N4O3/c1-31-17-7-4-15(5-8-17)25-22(30)26-16-6-9-20-18(11-16)21(29)27-28(20)12-13-2-3-14(23)10-19(13)24/h2-11H,12H2,1H3,(H,27,29)(H2,25,26,30). The van der Waals surface area contributed by atoms with Crippen molar-refractivity contribution in [1.29, 1.82) is 0 Å². The Bertz CT molecular complexity index is 1310. The third-order valence-electron chi connectivity index (χ3n) is 4.72. The first kappa shape index (κ1) is 20.8. The molecule has 0 aliphatic carbocycles. The predicted octanol–water partition coefficient (Wildman–Crippen LogP) is 5.34. The van der Waals surface area contributed by atoms with Crippen molar-refractivity contribution in [3.05, 3.63) is 86.6 Å². The second-order valence-corrected chi connectivity index (χ2v) is 7.65. The monoisotopic (exact) mass is 456 g/mol. The topological polar surface area (TPSA) is 88.2 Å². The Morgan fingerprint density at radius 1 is 1.00 bits per heavy atom. The van der Waals surface area contributed by atoms with Crippen molar-refractivity contribution in [2.24, 2.45) is 0 Å². The summed E-state index contributed by atoms with van der Waals surface area (Å²) < 4.78 is 6.80. The number of amides is 2. The van der Waals surface area contributed by atoms with E-state index in [1.807, 2.05) is 6.07 Å². The molecule has 0 saturated heterocycles. The van der Waals surface area contributed by atoms with E-state index < -0.39 is 6.03 Å². The molecule has 0 aliphatic rings. The zero-order valence-electron chi connectivity index (χ0n) is 16.4. The van der Waals surface area contributed by atoms with E-state index in [1.54, 1.807) is 66.4 Å². The molecule has 1 aromatic heterocycles.